The molecule has 0 saturated heterocycles. The van der Waals surface area contributed by atoms with Crippen molar-refractivity contribution in [2.75, 3.05) is 0 Å². The van der Waals surface area contributed by atoms with E-state index in [1.807, 2.05) is 45.9 Å². The molecule has 3 rings (SSSR count). The van der Waals surface area contributed by atoms with Gasteiger partial charge in [0.2, 0.25) is 0 Å². The van der Waals surface area contributed by atoms with Crippen molar-refractivity contribution in [3.63, 3.8) is 0 Å². The first kappa shape index (κ1) is 18.6. The molecule has 1 heterocycles. The first-order valence-electron chi connectivity index (χ1n) is 7.51. The zero-order chi connectivity index (χ0) is 16.3. The second-order valence-corrected chi connectivity index (χ2v) is 5.05. The van der Waals surface area contributed by atoms with E-state index < -0.39 is 0 Å². The number of hydrogen-bond donors (Lipinski definition) is 0. The molecule has 3 aromatic rings. The third kappa shape index (κ3) is 3.47. The lowest BCUT2D eigenvalue weighted by Gasteiger charge is -2.10. The Morgan fingerprint density at radius 1 is 0.913 bits per heavy atom. The molecule has 0 aliphatic heterocycles. The molecule has 0 radical (unpaired) electrons. The van der Waals surface area contributed by atoms with Crippen LogP contribution in [0, 0.1) is 20.8 Å². The molecule has 2 aromatic carbocycles. The minimum Gasteiger partial charge on any atom is -0.267 e. The summed E-state index contributed by atoms with van der Waals surface area (Å²) in [6, 6.07) is 11.3. The van der Waals surface area contributed by atoms with Crippen LogP contribution >= 0.6 is 0 Å². The summed E-state index contributed by atoms with van der Waals surface area (Å²) in [5, 5.41) is 8.77. The molecule has 4 nitrogen and oxygen atoms in total. The maximum absolute atomic E-state index is 12.5. The zero-order valence-corrected chi connectivity index (χ0v) is 13.7. The minimum absolute atomic E-state index is 0. The average molecular weight is 311 g/mol. The predicted molar refractivity (Wildman–Crippen MR) is 97.4 cm³/mol. The van der Waals surface area contributed by atoms with Gasteiger partial charge < -0.3 is 0 Å². The maximum Gasteiger partial charge on any atom is 0.282 e. The average Bonchev–Trinajstić information content (AvgIpc) is 2.54. The van der Waals surface area contributed by atoms with Crippen LogP contribution < -0.4 is 5.56 Å². The van der Waals surface area contributed by atoms with Crippen molar-refractivity contribution in [1.82, 2.24) is 15.0 Å². The Bertz CT molecular complexity index is 866. The molecule has 1 aromatic heterocycles. The fourth-order valence-corrected chi connectivity index (χ4v) is 2.32. The summed E-state index contributed by atoms with van der Waals surface area (Å²) in [6.07, 6.45) is 0. The van der Waals surface area contributed by atoms with Crippen molar-refractivity contribution in [2.45, 2.75) is 42.0 Å². The third-order valence-electron chi connectivity index (χ3n) is 3.61. The second-order valence-electron chi connectivity index (χ2n) is 5.05. The van der Waals surface area contributed by atoms with E-state index >= 15 is 0 Å². The van der Waals surface area contributed by atoms with Crippen molar-refractivity contribution in [1.29, 1.82) is 0 Å². The van der Waals surface area contributed by atoms with Crippen LogP contribution in [0.4, 0.5) is 0 Å². The zero-order valence-electron chi connectivity index (χ0n) is 13.7. The van der Waals surface area contributed by atoms with E-state index in [1.165, 1.54) is 10.2 Å². The van der Waals surface area contributed by atoms with Gasteiger partial charge in [0, 0.05) is 0 Å². The summed E-state index contributed by atoms with van der Waals surface area (Å²) in [5.74, 6) is 0. The molecule has 0 saturated carbocycles. The van der Waals surface area contributed by atoms with Gasteiger partial charge in [-0.2, -0.15) is 4.68 Å². The number of hydrogen-bond acceptors (Lipinski definition) is 3. The van der Waals surface area contributed by atoms with E-state index in [9.17, 15) is 4.79 Å². The molecule has 0 N–H and O–H groups in total. The van der Waals surface area contributed by atoms with Crippen LogP contribution in [0.2, 0.25) is 0 Å². The van der Waals surface area contributed by atoms with Crippen molar-refractivity contribution < 1.29 is 0 Å². The first-order chi connectivity index (χ1) is 10.6. The number of aryl methyl sites for hydroxylation is 3. The molecule has 0 spiro atoms. The van der Waals surface area contributed by atoms with E-state index in [-0.39, 0.29) is 13.0 Å². The molecular weight excluding hydrogens is 286 g/mol. The van der Waals surface area contributed by atoms with Crippen LogP contribution in [-0.4, -0.2) is 15.0 Å². The monoisotopic (exact) mass is 311 g/mol. The Kier molecular flexibility index (Phi) is 6.19. The molecule has 0 bridgehead atoms. The summed E-state index contributed by atoms with van der Waals surface area (Å²) in [6.45, 7) is 10.1. The quantitative estimate of drug-likeness (QED) is 0.670. The summed E-state index contributed by atoms with van der Waals surface area (Å²) in [7, 11) is 0. The number of aromatic nitrogens is 3. The van der Waals surface area contributed by atoms with Gasteiger partial charge in [-0.3, -0.25) is 4.79 Å². The smallest absolute Gasteiger partial charge is 0.267 e. The van der Waals surface area contributed by atoms with Crippen LogP contribution in [0.15, 0.2) is 41.2 Å². The molecule has 122 valence electrons. The maximum atomic E-state index is 12.5. The summed E-state index contributed by atoms with van der Waals surface area (Å²) in [5.41, 5.74) is 4.62. The van der Waals surface area contributed by atoms with Gasteiger partial charge in [0.05, 0.1) is 11.1 Å². The fourth-order valence-electron chi connectivity index (χ4n) is 2.32. The number of fused-ring (bicyclic) bond motifs is 1. The minimum atomic E-state index is -0.137. The van der Waals surface area contributed by atoms with E-state index in [1.54, 1.807) is 12.1 Å². The van der Waals surface area contributed by atoms with Crippen LogP contribution in [0.5, 0.6) is 0 Å². The topological polar surface area (TPSA) is 47.8 Å². The lowest BCUT2D eigenvalue weighted by Crippen LogP contribution is -2.23. The highest BCUT2D eigenvalue weighted by Gasteiger charge is 2.10. The molecule has 0 unspecified atom stereocenters. The van der Waals surface area contributed by atoms with Gasteiger partial charge in [0.25, 0.3) is 5.56 Å². The van der Waals surface area contributed by atoms with E-state index in [4.69, 9.17) is 0 Å². The Hall–Kier alpha value is -2.49. The molecule has 4 heteroatoms. The Morgan fingerprint density at radius 2 is 1.52 bits per heavy atom. The van der Waals surface area contributed by atoms with E-state index in [0.717, 1.165) is 16.8 Å². The summed E-state index contributed by atoms with van der Waals surface area (Å²) < 4.78 is 1.38. The molecule has 0 atom stereocenters. The van der Waals surface area contributed by atoms with Crippen LogP contribution in [-0.2, 0) is 0 Å². The Balaban J connectivity index is 0.000000849. The third-order valence-corrected chi connectivity index (χ3v) is 3.61. The van der Waals surface area contributed by atoms with Crippen molar-refractivity contribution in [3.8, 4) is 5.69 Å². The lowest BCUT2D eigenvalue weighted by atomic mass is 10.1. The standard InChI is InChI=1S/C16H15N3O.C2H6.CH4/c1-10-8-12(3)15(9-11(10)2)19-16(20)13-6-4-5-7-14(13)17-18-19;1-2;/h4-9H,1-3H3;1-2H3;1H4. The van der Waals surface area contributed by atoms with Crippen LogP contribution in [0.3, 0.4) is 0 Å². The van der Waals surface area contributed by atoms with E-state index in [0.29, 0.717) is 10.9 Å². The molecule has 0 amide bonds. The number of nitrogens with zero attached hydrogens (tertiary/aromatic N) is 3. The van der Waals surface area contributed by atoms with Gasteiger partial charge in [-0.1, -0.05) is 44.7 Å². The fraction of sp³-hybridized carbons (Fsp3) is 0.316. The number of benzene rings is 2. The van der Waals surface area contributed by atoms with Gasteiger partial charge in [-0.25, -0.2) is 0 Å². The van der Waals surface area contributed by atoms with Crippen molar-refractivity contribution in [3.05, 3.63) is 63.4 Å². The highest BCUT2D eigenvalue weighted by atomic mass is 16.1. The molecule has 0 aliphatic carbocycles. The SMILES string of the molecule is C.CC.Cc1cc(C)c(-n2nnc3ccccc3c2=O)cc1C. The van der Waals surface area contributed by atoms with Gasteiger partial charge in [0.15, 0.2) is 0 Å². The van der Waals surface area contributed by atoms with Crippen molar-refractivity contribution in [2.24, 2.45) is 0 Å². The normalized spacial score (nSPS) is 9.78. The summed E-state index contributed by atoms with van der Waals surface area (Å²) in [4.78, 5) is 12.5. The Morgan fingerprint density at radius 3 is 2.22 bits per heavy atom. The lowest BCUT2D eigenvalue weighted by molar-refractivity contribution is 0.733. The van der Waals surface area contributed by atoms with Gasteiger partial charge in [-0.05, 0) is 55.7 Å². The molecule has 0 aliphatic rings. The molecule has 23 heavy (non-hydrogen) atoms. The largest absolute Gasteiger partial charge is 0.282 e. The summed E-state index contributed by atoms with van der Waals surface area (Å²) >= 11 is 0. The van der Waals surface area contributed by atoms with Gasteiger partial charge in [-0.15, -0.1) is 5.10 Å². The van der Waals surface area contributed by atoms with Gasteiger partial charge in [0.1, 0.15) is 5.52 Å². The highest BCUT2D eigenvalue weighted by Crippen LogP contribution is 2.17. The first-order valence-corrected chi connectivity index (χ1v) is 7.51. The van der Waals surface area contributed by atoms with Crippen LogP contribution in [0.1, 0.15) is 38.0 Å². The highest BCUT2D eigenvalue weighted by molar-refractivity contribution is 5.76. The molecule has 0 fully saturated rings. The predicted octanol–water partition coefficient (Wildman–Crippen LogP) is 4.37. The Labute approximate surface area is 137 Å². The van der Waals surface area contributed by atoms with Crippen LogP contribution in [0.25, 0.3) is 16.6 Å². The number of rotatable bonds is 1. The molecular formula is C19H25N3O. The van der Waals surface area contributed by atoms with Crippen molar-refractivity contribution >= 4 is 10.9 Å². The second kappa shape index (κ2) is 7.68. The van der Waals surface area contributed by atoms with Gasteiger partial charge >= 0.3 is 0 Å². The van der Waals surface area contributed by atoms with E-state index in [2.05, 4.69) is 23.3 Å².